The molecule has 2 aromatic rings. The molecule has 0 saturated carbocycles. The number of ether oxygens (including phenoxy) is 1. The second-order valence-corrected chi connectivity index (χ2v) is 8.69. The Balaban J connectivity index is 1.78. The minimum Gasteiger partial charge on any atom is -0.465 e. The summed E-state index contributed by atoms with van der Waals surface area (Å²) < 4.78 is 5.29. The number of carbonyl (C=O) groups excluding carboxylic acids is 3. The first-order valence-electron chi connectivity index (χ1n) is 10.4. The van der Waals surface area contributed by atoms with E-state index in [0.29, 0.717) is 17.7 Å². The van der Waals surface area contributed by atoms with E-state index in [4.69, 9.17) is 4.74 Å². The molecule has 30 heavy (non-hydrogen) atoms. The van der Waals surface area contributed by atoms with E-state index in [1.165, 1.54) is 16.9 Å². The van der Waals surface area contributed by atoms with Gasteiger partial charge in [0.05, 0.1) is 6.61 Å². The van der Waals surface area contributed by atoms with E-state index in [2.05, 4.69) is 12.2 Å². The Labute approximate surface area is 180 Å². The predicted octanol–water partition coefficient (Wildman–Crippen LogP) is 4.10. The lowest BCUT2D eigenvalue weighted by Crippen LogP contribution is -2.44. The summed E-state index contributed by atoms with van der Waals surface area (Å²) in [6.45, 7) is 4.06. The lowest BCUT2D eigenvalue weighted by atomic mass is 9.69. The molecule has 1 N–H and O–H groups in total. The van der Waals surface area contributed by atoms with Crippen molar-refractivity contribution in [3.63, 3.8) is 0 Å². The number of esters is 1. The summed E-state index contributed by atoms with van der Waals surface area (Å²) in [4.78, 5) is 40.0. The fraction of sp³-hybridized carbons (Fsp3) is 0.375. The van der Waals surface area contributed by atoms with Gasteiger partial charge in [-0.2, -0.15) is 0 Å². The summed E-state index contributed by atoms with van der Waals surface area (Å²) in [6, 6.07) is 11.9. The first-order valence-corrected chi connectivity index (χ1v) is 11.3. The van der Waals surface area contributed by atoms with Crippen LogP contribution in [0, 0.1) is 5.92 Å². The van der Waals surface area contributed by atoms with Crippen LogP contribution in [0.5, 0.6) is 0 Å². The number of hydrogen-bond donors (Lipinski definition) is 1. The number of amides is 1. The van der Waals surface area contributed by atoms with Crippen molar-refractivity contribution in [2.75, 3.05) is 6.61 Å². The number of aryl methyl sites for hydroxylation is 1. The Morgan fingerprint density at radius 2 is 1.90 bits per heavy atom. The summed E-state index contributed by atoms with van der Waals surface area (Å²) >= 11 is 1.52. The third-order valence-electron chi connectivity index (χ3n) is 5.97. The molecule has 0 radical (unpaired) electrons. The molecule has 156 valence electrons. The Morgan fingerprint density at radius 3 is 2.53 bits per heavy atom. The monoisotopic (exact) mass is 423 g/mol. The number of benzene rings is 1. The molecule has 5 nitrogen and oxygen atoms in total. The highest BCUT2D eigenvalue weighted by Crippen LogP contribution is 2.46. The molecule has 2 heterocycles. The van der Waals surface area contributed by atoms with Crippen molar-refractivity contribution in [1.82, 2.24) is 5.32 Å². The van der Waals surface area contributed by atoms with Crippen LogP contribution in [0.3, 0.4) is 0 Å². The minimum atomic E-state index is -0.880. The Kier molecular flexibility index (Phi) is 5.86. The zero-order valence-electron chi connectivity index (χ0n) is 17.1. The van der Waals surface area contributed by atoms with Crippen molar-refractivity contribution in [3.05, 3.63) is 69.1 Å². The molecule has 1 aliphatic carbocycles. The van der Waals surface area contributed by atoms with Crippen LogP contribution in [0.15, 0.2) is 53.0 Å². The molecular formula is C24H25NO4S. The second-order valence-electron chi connectivity index (χ2n) is 7.71. The lowest BCUT2D eigenvalue weighted by Gasteiger charge is -2.37. The highest BCUT2D eigenvalue weighted by molar-refractivity contribution is 7.10. The van der Waals surface area contributed by atoms with Gasteiger partial charge in [-0.1, -0.05) is 37.3 Å². The summed E-state index contributed by atoms with van der Waals surface area (Å²) in [7, 11) is 0. The third-order valence-corrected chi connectivity index (χ3v) is 6.97. The van der Waals surface area contributed by atoms with E-state index in [-0.39, 0.29) is 36.6 Å². The number of rotatable bonds is 5. The maximum Gasteiger partial charge on any atom is 0.317 e. The van der Waals surface area contributed by atoms with Gasteiger partial charge in [0, 0.05) is 34.4 Å². The molecular weight excluding hydrogens is 398 g/mol. The number of nitrogens with one attached hydrogen (secondary N) is 1. The van der Waals surface area contributed by atoms with Gasteiger partial charge in [0.2, 0.25) is 5.91 Å². The van der Waals surface area contributed by atoms with Crippen LogP contribution in [0.2, 0.25) is 0 Å². The normalized spacial score (nSPS) is 23.7. The van der Waals surface area contributed by atoms with Crippen LogP contribution >= 0.6 is 11.3 Å². The molecule has 0 spiro atoms. The van der Waals surface area contributed by atoms with E-state index in [1.54, 1.807) is 6.92 Å². The number of Topliss-reactive ketones (excluding diaryl/α,β-unsaturated/α-hetero) is 1. The van der Waals surface area contributed by atoms with Crippen molar-refractivity contribution in [1.29, 1.82) is 0 Å². The van der Waals surface area contributed by atoms with E-state index in [1.807, 2.05) is 41.8 Å². The molecule has 1 aromatic heterocycles. The number of ketones is 1. The van der Waals surface area contributed by atoms with Gasteiger partial charge in [-0.25, -0.2) is 0 Å². The van der Waals surface area contributed by atoms with Gasteiger partial charge in [0.25, 0.3) is 0 Å². The van der Waals surface area contributed by atoms with Crippen LogP contribution < -0.4 is 5.32 Å². The molecule has 1 aliphatic heterocycles. The van der Waals surface area contributed by atoms with Crippen LogP contribution in [-0.2, 0) is 25.5 Å². The number of allylic oxidation sites excluding steroid dienone is 2. The lowest BCUT2D eigenvalue weighted by molar-refractivity contribution is -0.152. The molecule has 1 amide bonds. The SMILES string of the molecule is CCOC(=O)[C@@H]1C(=O)C2=C(C[C@H]1c1cccs1)NC(=O)C[C@@H]2c1ccc(CC)cc1. The first kappa shape index (κ1) is 20.5. The van der Waals surface area contributed by atoms with Crippen molar-refractivity contribution in [2.24, 2.45) is 5.92 Å². The van der Waals surface area contributed by atoms with Crippen molar-refractivity contribution < 1.29 is 19.1 Å². The third kappa shape index (κ3) is 3.72. The topological polar surface area (TPSA) is 72.5 Å². The molecule has 0 bridgehead atoms. The predicted molar refractivity (Wildman–Crippen MR) is 115 cm³/mol. The molecule has 0 saturated heterocycles. The first-order chi connectivity index (χ1) is 14.5. The van der Waals surface area contributed by atoms with Crippen molar-refractivity contribution in [2.45, 2.75) is 44.9 Å². The summed E-state index contributed by atoms with van der Waals surface area (Å²) in [6.07, 6.45) is 1.57. The standard InChI is InChI=1S/C24H25NO4S/c1-3-14-7-9-15(10-8-14)16-13-20(26)25-18-12-17(19-6-5-11-30-19)22(23(27)21(16)18)24(28)29-4-2/h5-11,16-17,22H,3-4,12-13H2,1-2H3,(H,25,26)/t16-,17+,22+/m1/s1. The average Bonchev–Trinajstić information content (AvgIpc) is 3.27. The van der Waals surface area contributed by atoms with Crippen LogP contribution in [0.25, 0.3) is 0 Å². The number of thiophene rings is 1. The van der Waals surface area contributed by atoms with Crippen molar-refractivity contribution >= 4 is 29.0 Å². The van der Waals surface area contributed by atoms with Crippen LogP contribution in [0.1, 0.15) is 54.5 Å². The van der Waals surface area contributed by atoms with Gasteiger partial charge in [-0.3, -0.25) is 14.4 Å². The number of carbonyl (C=O) groups is 3. The van der Waals surface area contributed by atoms with Gasteiger partial charge in [0.15, 0.2) is 5.78 Å². The van der Waals surface area contributed by atoms with E-state index in [0.717, 1.165) is 16.9 Å². The second kappa shape index (κ2) is 8.56. The zero-order chi connectivity index (χ0) is 21.3. The minimum absolute atomic E-state index is 0.0920. The molecule has 4 rings (SSSR count). The van der Waals surface area contributed by atoms with E-state index in [9.17, 15) is 14.4 Å². The Hall–Kier alpha value is -2.73. The molecule has 0 unspecified atom stereocenters. The molecule has 6 heteroatoms. The van der Waals surface area contributed by atoms with Gasteiger partial charge in [-0.05, 0) is 42.3 Å². The largest absolute Gasteiger partial charge is 0.465 e. The molecule has 2 aliphatic rings. The van der Waals surface area contributed by atoms with E-state index < -0.39 is 11.9 Å². The highest BCUT2D eigenvalue weighted by Gasteiger charge is 2.47. The van der Waals surface area contributed by atoms with Crippen LogP contribution in [-0.4, -0.2) is 24.3 Å². The Bertz CT molecular complexity index is 991. The maximum absolute atomic E-state index is 13.7. The van der Waals surface area contributed by atoms with Crippen LogP contribution in [0.4, 0.5) is 0 Å². The highest BCUT2D eigenvalue weighted by atomic mass is 32.1. The smallest absolute Gasteiger partial charge is 0.317 e. The summed E-state index contributed by atoms with van der Waals surface area (Å²) in [5.41, 5.74) is 3.34. The fourth-order valence-corrected chi connectivity index (χ4v) is 5.36. The average molecular weight is 424 g/mol. The summed E-state index contributed by atoms with van der Waals surface area (Å²) in [5, 5.41) is 4.86. The quantitative estimate of drug-likeness (QED) is 0.580. The fourth-order valence-electron chi connectivity index (χ4n) is 4.49. The van der Waals surface area contributed by atoms with Crippen molar-refractivity contribution in [3.8, 4) is 0 Å². The summed E-state index contributed by atoms with van der Waals surface area (Å²) in [5.74, 6) is -2.34. The Morgan fingerprint density at radius 1 is 1.13 bits per heavy atom. The van der Waals surface area contributed by atoms with Gasteiger partial charge >= 0.3 is 5.97 Å². The molecule has 3 atom stereocenters. The molecule has 0 fully saturated rings. The van der Waals surface area contributed by atoms with Gasteiger partial charge in [0.1, 0.15) is 5.92 Å². The van der Waals surface area contributed by atoms with Gasteiger partial charge in [-0.15, -0.1) is 11.3 Å². The van der Waals surface area contributed by atoms with Gasteiger partial charge < -0.3 is 10.1 Å². The molecule has 1 aromatic carbocycles. The zero-order valence-corrected chi connectivity index (χ0v) is 18.0. The number of hydrogen-bond acceptors (Lipinski definition) is 5. The van der Waals surface area contributed by atoms with E-state index >= 15 is 0 Å². The maximum atomic E-state index is 13.7.